The molecule has 0 bridgehead atoms. The zero-order valence-electron chi connectivity index (χ0n) is 14.7. The van der Waals surface area contributed by atoms with Crippen LogP contribution < -0.4 is 10.2 Å². The van der Waals surface area contributed by atoms with Gasteiger partial charge >= 0.3 is 6.03 Å². The molecule has 1 aliphatic carbocycles. The van der Waals surface area contributed by atoms with Crippen LogP contribution in [0.5, 0.6) is 0 Å². The van der Waals surface area contributed by atoms with E-state index < -0.39 is 17.4 Å². The lowest BCUT2D eigenvalue weighted by Crippen LogP contribution is -2.56. The summed E-state index contributed by atoms with van der Waals surface area (Å²) in [5.74, 6) is -0.698. The van der Waals surface area contributed by atoms with Crippen LogP contribution in [0.4, 0.5) is 14.9 Å². The van der Waals surface area contributed by atoms with Crippen molar-refractivity contribution in [3.63, 3.8) is 0 Å². The van der Waals surface area contributed by atoms with Crippen LogP contribution in [0.15, 0.2) is 54.9 Å². The SMILES string of the molecule is O=C1NC2(CC(c3ccc(F)cc3Cl)C2)C(=O)N1c1cncc2ccccc12. The number of urea groups is 1. The molecule has 5 nitrogen and oxygen atoms in total. The zero-order chi connectivity index (χ0) is 19.5. The van der Waals surface area contributed by atoms with Crippen LogP contribution in [0.2, 0.25) is 5.02 Å². The van der Waals surface area contributed by atoms with Crippen molar-refractivity contribution in [2.24, 2.45) is 0 Å². The summed E-state index contributed by atoms with van der Waals surface area (Å²) in [6.07, 6.45) is 4.09. The molecular formula is C21H15ClFN3O2. The van der Waals surface area contributed by atoms with Gasteiger partial charge in [0.05, 0.1) is 11.9 Å². The lowest BCUT2D eigenvalue weighted by atomic mass is 9.65. The van der Waals surface area contributed by atoms with Crippen LogP contribution in [-0.2, 0) is 4.79 Å². The molecule has 2 heterocycles. The van der Waals surface area contributed by atoms with Crippen LogP contribution in [0.1, 0.15) is 24.3 Å². The molecule has 5 rings (SSSR count). The molecule has 1 spiro atoms. The highest BCUT2D eigenvalue weighted by atomic mass is 35.5. The standard InChI is InChI=1S/C21H15ClFN3O2/c22-17-7-14(23)5-6-15(17)13-8-21(9-13)19(27)26(20(28)25-21)18-11-24-10-12-3-1-2-4-16(12)18/h1-7,10-11,13H,8-9H2,(H,25,28). The van der Waals surface area contributed by atoms with E-state index in [1.807, 2.05) is 24.3 Å². The number of hydrogen-bond acceptors (Lipinski definition) is 3. The monoisotopic (exact) mass is 395 g/mol. The molecule has 1 saturated carbocycles. The summed E-state index contributed by atoms with van der Waals surface area (Å²) >= 11 is 6.16. The number of rotatable bonds is 2. The molecule has 7 heteroatoms. The van der Waals surface area contributed by atoms with Gasteiger partial charge in [-0.1, -0.05) is 41.9 Å². The molecule has 0 unspecified atom stereocenters. The molecule has 1 aliphatic heterocycles. The van der Waals surface area contributed by atoms with Crippen molar-refractivity contribution >= 4 is 40.0 Å². The van der Waals surface area contributed by atoms with E-state index in [-0.39, 0.29) is 11.8 Å². The number of amides is 3. The average molecular weight is 396 g/mol. The molecule has 2 fully saturated rings. The van der Waals surface area contributed by atoms with Gasteiger partial charge in [-0.2, -0.15) is 0 Å². The second-order valence-corrected chi connectivity index (χ2v) is 7.71. The quantitative estimate of drug-likeness (QED) is 0.654. The van der Waals surface area contributed by atoms with Crippen molar-refractivity contribution < 1.29 is 14.0 Å². The minimum Gasteiger partial charge on any atom is -0.323 e. The number of benzene rings is 2. The molecule has 2 aromatic carbocycles. The first-order valence-corrected chi connectivity index (χ1v) is 9.31. The highest BCUT2D eigenvalue weighted by Crippen LogP contribution is 2.50. The third-order valence-electron chi connectivity index (χ3n) is 5.64. The molecule has 140 valence electrons. The molecule has 3 aromatic rings. The number of carbonyl (C=O) groups excluding carboxylic acids is 2. The van der Waals surface area contributed by atoms with Crippen LogP contribution in [0.3, 0.4) is 0 Å². The molecule has 0 atom stereocenters. The normalized spacial score (nSPS) is 23.9. The number of carbonyl (C=O) groups is 2. The van der Waals surface area contributed by atoms with Crippen LogP contribution in [-0.4, -0.2) is 22.5 Å². The summed E-state index contributed by atoms with van der Waals surface area (Å²) in [5, 5.41) is 4.83. The predicted octanol–water partition coefficient (Wildman–Crippen LogP) is 4.40. The van der Waals surface area contributed by atoms with E-state index >= 15 is 0 Å². The minimum atomic E-state index is -0.948. The number of pyridine rings is 1. The molecular weight excluding hydrogens is 381 g/mol. The van der Waals surface area contributed by atoms with Crippen LogP contribution >= 0.6 is 11.6 Å². The Labute approximate surface area is 165 Å². The van der Waals surface area contributed by atoms with Gasteiger partial charge in [0, 0.05) is 22.0 Å². The van der Waals surface area contributed by atoms with Gasteiger partial charge in [-0.3, -0.25) is 9.78 Å². The summed E-state index contributed by atoms with van der Waals surface area (Å²) in [6, 6.07) is 11.3. The van der Waals surface area contributed by atoms with Gasteiger partial charge in [0.2, 0.25) is 0 Å². The summed E-state index contributed by atoms with van der Waals surface area (Å²) in [7, 11) is 0. The molecule has 1 aromatic heterocycles. The number of aromatic nitrogens is 1. The summed E-state index contributed by atoms with van der Waals surface area (Å²) in [4.78, 5) is 31.2. The van der Waals surface area contributed by atoms with Crippen molar-refractivity contribution in [2.45, 2.75) is 24.3 Å². The number of nitrogens with zero attached hydrogens (tertiary/aromatic N) is 2. The Morgan fingerprint density at radius 2 is 1.93 bits per heavy atom. The van der Waals surface area contributed by atoms with Gasteiger partial charge in [-0.25, -0.2) is 14.1 Å². The maximum atomic E-state index is 13.3. The number of anilines is 1. The lowest BCUT2D eigenvalue weighted by molar-refractivity contribution is -0.125. The van der Waals surface area contributed by atoms with E-state index in [0.29, 0.717) is 23.6 Å². The first-order chi connectivity index (χ1) is 13.5. The van der Waals surface area contributed by atoms with Crippen molar-refractivity contribution in [3.05, 3.63) is 71.3 Å². The number of imide groups is 1. The highest BCUT2D eigenvalue weighted by molar-refractivity contribution is 6.31. The van der Waals surface area contributed by atoms with E-state index in [2.05, 4.69) is 10.3 Å². The smallest absolute Gasteiger partial charge is 0.323 e. The minimum absolute atomic E-state index is 0.0112. The average Bonchev–Trinajstić information content (AvgIpc) is 2.91. The molecule has 3 amide bonds. The topological polar surface area (TPSA) is 62.3 Å². The Balaban J connectivity index is 1.46. The fourth-order valence-electron chi connectivity index (χ4n) is 4.23. The third-order valence-corrected chi connectivity index (χ3v) is 5.97. The number of fused-ring (bicyclic) bond motifs is 1. The molecule has 0 radical (unpaired) electrons. The molecule has 28 heavy (non-hydrogen) atoms. The van der Waals surface area contributed by atoms with Crippen molar-refractivity contribution in [1.29, 1.82) is 0 Å². The number of nitrogens with one attached hydrogen (secondary N) is 1. The predicted molar refractivity (Wildman–Crippen MR) is 104 cm³/mol. The Kier molecular flexibility index (Phi) is 3.67. The summed E-state index contributed by atoms with van der Waals surface area (Å²) < 4.78 is 13.3. The van der Waals surface area contributed by atoms with Gasteiger partial charge in [0.25, 0.3) is 5.91 Å². The Hall–Kier alpha value is -2.99. The van der Waals surface area contributed by atoms with Gasteiger partial charge in [-0.15, -0.1) is 0 Å². The Morgan fingerprint density at radius 3 is 2.71 bits per heavy atom. The fourth-order valence-corrected chi connectivity index (χ4v) is 4.55. The maximum Gasteiger partial charge on any atom is 0.329 e. The number of halogens is 2. The van der Waals surface area contributed by atoms with Gasteiger partial charge in [-0.05, 0) is 36.5 Å². The van der Waals surface area contributed by atoms with Crippen molar-refractivity contribution in [2.75, 3.05) is 4.90 Å². The van der Waals surface area contributed by atoms with E-state index in [9.17, 15) is 14.0 Å². The maximum absolute atomic E-state index is 13.3. The first kappa shape index (κ1) is 17.1. The third kappa shape index (κ3) is 2.41. The van der Waals surface area contributed by atoms with Crippen molar-refractivity contribution in [1.82, 2.24) is 10.3 Å². The molecule has 2 aliphatic rings. The Morgan fingerprint density at radius 1 is 1.14 bits per heavy atom. The highest BCUT2D eigenvalue weighted by Gasteiger charge is 2.59. The summed E-state index contributed by atoms with van der Waals surface area (Å²) in [5.41, 5.74) is 0.318. The second kappa shape index (κ2) is 6.01. The van der Waals surface area contributed by atoms with Crippen LogP contribution in [0.25, 0.3) is 10.8 Å². The van der Waals surface area contributed by atoms with Crippen molar-refractivity contribution in [3.8, 4) is 0 Å². The zero-order valence-corrected chi connectivity index (χ0v) is 15.4. The van der Waals surface area contributed by atoms with Gasteiger partial charge in [0.15, 0.2) is 0 Å². The van der Waals surface area contributed by atoms with Gasteiger partial charge in [0.1, 0.15) is 11.4 Å². The summed E-state index contributed by atoms with van der Waals surface area (Å²) in [6.45, 7) is 0. The first-order valence-electron chi connectivity index (χ1n) is 8.93. The van der Waals surface area contributed by atoms with E-state index in [0.717, 1.165) is 16.3 Å². The van der Waals surface area contributed by atoms with E-state index in [1.165, 1.54) is 23.2 Å². The van der Waals surface area contributed by atoms with E-state index in [1.54, 1.807) is 12.3 Å². The lowest BCUT2D eigenvalue weighted by Gasteiger charge is -2.43. The largest absolute Gasteiger partial charge is 0.329 e. The van der Waals surface area contributed by atoms with Crippen LogP contribution in [0, 0.1) is 5.82 Å². The van der Waals surface area contributed by atoms with E-state index in [4.69, 9.17) is 11.6 Å². The second-order valence-electron chi connectivity index (χ2n) is 7.30. The fraction of sp³-hybridized carbons (Fsp3) is 0.190. The number of hydrogen-bond donors (Lipinski definition) is 1. The van der Waals surface area contributed by atoms with Gasteiger partial charge < -0.3 is 5.32 Å². The molecule has 1 saturated heterocycles. The Bertz CT molecular complexity index is 1140. The molecule has 1 N–H and O–H groups in total.